The van der Waals surface area contributed by atoms with E-state index < -0.39 is 0 Å². The smallest absolute Gasteiger partial charge is 0.330 e. The molecule has 20 heavy (non-hydrogen) atoms. The molecule has 2 aromatic carbocycles. The topological polar surface area (TPSA) is 26.3 Å². The van der Waals surface area contributed by atoms with Crippen LogP contribution < -0.4 is 0 Å². The van der Waals surface area contributed by atoms with Crippen LogP contribution in [0.5, 0.6) is 0 Å². The molecular weight excluding hydrogens is 288 g/mol. The van der Waals surface area contributed by atoms with E-state index in [1.165, 1.54) is 23.5 Å². The molecule has 0 bridgehead atoms. The third kappa shape index (κ3) is 4.62. The van der Waals surface area contributed by atoms with Crippen molar-refractivity contribution in [1.82, 2.24) is 0 Å². The van der Waals surface area contributed by atoms with Crippen LogP contribution in [0.25, 0.3) is 0 Å². The molecule has 0 unspecified atom stereocenters. The van der Waals surface area contributed by atoms with Crippen molar-refractivity contribution in [2.24, 2.45) is 0 Å². The van der Waals surface area contributed by atoms with E-state index in [1.807, 2.05) is 67.6 Å². The Bertz CT molecular complexity index is 487. The van der Waals surface area contributed by atoms with Crippen LogP contribution in [0, 0.1) is 0 Å². The lowest BCUT2D eigenvalue weighted by molar-refractivity contribution is -0.140. The second-order valence-electron chi connectivity index (χ2n) is 3.95. The molecule has 4 heteroatoms. The number of benzene rings is 2. The molecule has 104 valence electrons. The normalized spacial score (nSPS) is 10.5. The van der Waals surface area contributed by atoms with Crippen molar-refractivity contribution in [3.63, 3.8) is 0 Å². The summed E-state index contributed by atoms with van der Waals surface area (Å²) in [7, 11) is 0. The zero-order valence-corrected chi connectivity index (χ0v) is 12.8. The highest BCUT2D eigenvalue weighted by Gasteiger charge is 2.22. The lowest BCUT2D eigenvalue weighted by Gasteiger charge is -2.14. The number of hydrogen-bond acceptors (Lipinski definition) is 4. The molecule has 0 spiro atoms. The van der Waals surface area contributed by atoms with Gasteiger partial charge in [-0.2, -0.15) is 0 Å². The molecule has 0 N–H and O–H groups in total. The minimum absolute atomic E-state index is 0.185. The molecule has 2 aromatic rings. The van der Waals surface area contributed by atoms with E-state index in [9.17, 15) is 4.79 Å². The van der Waals surface area contributed by atoms with Crippen molar-refractivity contribution in [2.75, 3.05) is 6.61 Å². The summed E-state index contributed by atoms with van der Waals surface area (Å²) in [6.07, 6.45) is 0. The summed E-state index contributed by atoms with van der Waals surface area (Å²) in [5, 5.41) is 0. The van der Waals surface area contributed by atoms with Gasteiger partial charge in [-0.25, -0.2) is 4.79 Å². The average Bonchev–Trinajstić information content (AvgIpc) is 2.49. The zero-order valence-electron chi connectivity index (χ0n) is 11.2. The molecule has 0 saturated heterocycles. The fourth-order valence-electron chi connectivity index (χ4n) is 1.58. The molecule has 0 fully saturated rings. The van der Waals surface area contributed by atoms with Crippen molar-refractivity contribution in [3.05, 3.63) is 60.7 Å². The third-order valence-corrected chi connectivity index (χ3v) is 4.93. The molecule has 0 saturated carbocycles. The van der Waals surface area contributed by atoms with Crippen LogP contribution in [0.15, 0.2) is 70.5 Å². The van der Waals surface area contributed by atoms with Crippen molar-refractivity contribution >= 4 is 29.5 Å². The second kappa shape index (κ2) is 8.02. The Morgan fingerprint density at radius 2 is 1.40 bits per heavy atom. The first-order valence-electron chi connectivity index (χ1n) is 6.39. The monoisotopic (exact) mass is 304 g/mol. The second-order valence-corrected chi connectivity index (χ2v) is 6.60. The number of hydrogen-bond donors (Lipinski definition) is 0. The van der Waals surface area contributed by atoms with E-state index in [1.54, 1.807) is 0 Å². The minimum atomic E-state index is -0.292. The Morgan fingerprint density at radius 1 is 0.950 bits per heavy atom. The van der Waals surface area contributed by atoms with Gasteiger partial charge in [0.25, 0.3) is 0 Å². The summed E-state index contributed by atoms with van der Waals surface area (Å²) in [4.78, 5) is 14.2. The Hall–Kier alpha value is -1.39. The summed E-state index contributed by atoms with van der Waals surface area (Å²) in [5.74, 6) is -0.185. The van der Waals surface area contributed by atoms with Crippen molar-refractivity contribution in [2.45, 2.75) is 21.3 Å². The summed E-state index contributed by atoms with van der Waals surface area (Å²) < 4.78 is 4.88. The first kappa shape index (κ1) is 15.0. The van der Waals surface area contributed by atoms with Gasteiger partial charge in [0.1, 0.15) is 0 Å². The zero-order chi connectivity index (χ0) is 14.2. The Labute approximate surface area is 127 Å². The van der Waals surface area contributed by atoms with Crippen LogP contribution in [-0.2, 0) is 9.53 Å². The lowest BCUT2D eigenvalue weighted by Crippen LogP contribution is -2.16. The third-order valence-electron chi connectivity index (χ3n) is 2.45. The van der Waals surface area contributed by atoms with Crippen LogP contribution in [0.4, 0.5) is 0 Å². The van der Waals surface area contributed by atoms with Crippen LogP contribution in [0.1, 0.15) is 6.92 Å². The van der Waals surface area contributed by atoms with Gasteiger partial charge in [-0.3, -0.25) is 0 Å². The number of esters is 1. The Balaban J connectivity index is 2.10. The molecule has 0 amide bonds. The summed E-state index contributed by atoms with van der Waals surface area (Å²) >= 11 is 3.04. The summed E-state index contributed by atoms with van der Waals surface area (Å²) in [5.41, 5.74) is 0. The molecule has 0 aliphatic heterocycles. The summed E-state index contributed by atoms with van der Waals surface area (Å²) in [6, 6.07) is 19.8. The van der Waals surface area contributed by atoms with E-state index in [0.29, 0.717) is 6.61 Å². The van der Waals surface area contributed by atoms with Gasteiger partial charge >= 0.3 is 5.97 Å². The number of rotatable bonds is 6. The van der Waals surface area contributed by atoms with E-state index in [2.05, 4.69) is 0 Å². The predicted octanol–water partition coefficient (Wildman–Crippen LogP) is 4.46. The standard InChI is InChI=1S/C16H16O2S2/c1-2-18-15(17)16(19-13-9-5-3-6-10-13)20-14-11-7-4-8-12-14/h3-12,16H,2H2,1H3. The fraction of sp³-hybridized carbons (Fsp3) is 0.188. The van der Waals surface area contributed by atoms with E-state index in [4.69, 9.17) is 4.74 Å². The molecular formula is C16H16O2S2. The van der Waals surface area contributed by atoms with Gasteiger partial charge < -0.3 is 4.74 Å². The number of ether oxygens (including phenoxy) is 1. The molecule has 2 rings (SSSR count). The minimum Gasteiger partial charge on any atom is -0.465 e. The van der Waals surface area contributed by atoms with Gasteiger partial charge in [-0.05, 0) is 31.2 Å². The first-order valence-corrected chi connectivity index (χ1v) is 8.15. The molecule has 0 aromatic heterocycles. The highest BCUT2D eigenvalue weighted by atomic mass is 32.2. The molecule has 0 radical (unpaired) electrons. The van der Waals surface area contributed by atoms with Gasteiger partial charge in [-0.15, -0.1) is 0 Å². The molecule has 0 atom stereocenters. The fourth-order valence-corrected chi connectivity index (χ4v) is 3.89. The van der Waals surface area contributed by atoms with E-state index in [-0.39, 0.29) is 10.6 Å². The largest absolute Gasteiger partial charge is 0.465 e. The van der Waals surface area contributed by atoms with Crippen LogP contribution in [-0.4, -0.2) is 17.2 Å². The van der Waals surface area contributed by atoms with Crippen molar-refractivity contribution < 1.29 is 9.53 Å². The highest BCUT2D eigenvalue weighted by molar-refractivity contribution is 8.18. The SMILES string of the molecule is CCOC(=O)C(Sc1ccccc1)Sc1ccccc1. The van der Waals surface area contributed by atoms with E-state index >= 15 is 0 Å². The quantitative estimate of drug-likeness (QED) is 0.447. The van der Waals surface area contributed by atoms with Gasteiger partial charge in [-0.1, -0.05) is 59.9 Å². The molecule has 0 aliphatic carbocycles. The van der Waals surface area contributed by atoms with Gasteiger partial charge in [0, 0.05) is 9.79 Å². The summed E-state index contributed by atoms with van der Waals surface area (Å²) in [6.45, 7) is 2.23. The van der Waals surface area contributed by atoms with Crippen LogP contribution in [0.3, 0.4) is 0 Å². The lowest BCUT2D eigenvalue weighted by atomic mass is 10.4. The van der Waals surface area contributed by atoms with Crippen molar-refractivity contribution in [3.8, 4) is 0 Å². The first-order chi connectivity index (χ1) is 9.79. The number of carbonyl (C=O) groups is 1. The number of carbonyl (C=O) groups excluding carboxylic acids is 1. The van der Waals surface area contributed by atoms with Crippen molar-refractivity contribution in [1.29, 1.82) is 0 Å². The van der Waals surface area contributed by atoms with Gasteiger partial charge in [0.2, 0.25) is 0 Å². The maximum Gasteiger partial charge on any atom is 0.330 e. The number of thioether (sulfide) groups is 2. The van der Waals surface area contributed by atoms with E-state index in [0.717, 1.165) is 9.79 Å². The van der Waals surface area contributed by atoms with Crippen LogP contribution in [0.2, 0.25) is 0 Å². The Kier molecular flexibility index (Phi) is 6.02. The van der Waals surface area contributed by atoms with Gasteiger partial charge in [0.15, 0.2) is 4.58 Å². The Morgan fingerprint density at radius 3 is 1.80 bits per heavy atom. The van der Waals surface area contributed by atoms with Crippen LogP contribution >= 0.6 is 23.5 Å². The highest BCUT2D eigenvalue weighted by Crippen LogP contribution is 2.36. The average molecular weight is 304 g/mol. The maximum atomic E-state index is 12.1. The molecule has 0 aliphatic rings. The van der Waals surface area contributed by atoms with Gasteiger partial charge in [0.05, 0.1) is 6.61 Å². The maximum absolute atomic E-state index is 12.1. The predicted molar refractivity (Wildman–Crippen MR) is 85.0 cm³/mol. The molecule has 2 nitrogen and oxygen atoms in total. The molecule has 0 heterocycles.